The van der Waals surface area contributed by atoms with Crippen LogP contribution in [-0.2, 0) is 9.59 Å². The van der Waals surface area contributed by atoms with Crippen LogP contribution in [0.15, 0.2) is 30.3 Å². The van der Waals surface area contributed by atoms with Crippen molar-refractivity contribution in [3.63, 3.8) is 0 Å². The first-order chi connectivity index (χ1) is 10.6. The van der Waals surface area contributed by atoms with Crippen molar-refractivity contribution in [2.45, 2.75) is 25.3 Å². The lowest BCUT2D eigenvalue weighted by molar-refractivity contribution is -0.145. The van der Waals surface area contributed by atoms with Gasteiger partial charge >= 0.3 is 0 Å². The summed E-state index contributed by atoms with van der Waals surface area (Å²) in [5, 5.41) is 0. The van der Waals surface area contributed by atoms with Gasteiger partial charge in [-0.3, -0.25) is 14.5 Å². The summed E-state index contributed by atoms with van der Waals surface area (Å²) in [5.74, 6) is 0.0751. The van der Waals surface area contributed by atoms with Crippen LogP contribution >= 0.6 is 0 Å². The molecule has 22 heavy (non-hydrogen) atoms. The fourth-order valence-electron chi connectivity index (χ4n) is 3.47. The predicted molar refractivity (Wildman–Crippen MR) is 83.9 cm³/mol. The molecule has 0 aromatic heterocycles. The Morgan fingerprint density at radius 3 is 2.27 bits per heavy atom. The molecule has 0 saturated carbocycles. The third-order valence-electron chi connectivity index (χ3n) is 4.80. The summed E-state index contributed by atoms with van der Waals surface area (Å²) in [5.41, 5.74) is 6.45. The van der Waals surface area contributed by atoms with Crippen LogP contribution in [0.1, 0.15) is 30.9 Å². The number of hydrogen-bond donors (Lipinski definition) is 1. The highest BCUT2D eigenvalue weighted by Gasteiger charge is 2.37. The second-order valence-corrected chi connectivity index (χ2v) is 6.26. The van der Waals surface area contributed by atoms with Crippen LogP contribution < -0.4 is 5.73 Å². The standard InChI is InChI=1S/C17H23N3O2/c18-16(21)12-19-9-6-14(7-10-19)17(22)20-11-8-15(20)13-4-2-1-3-5-13/h1-5,14-15H,6-12H2,(H2,18,21)/t15-/m0/s1. The molecule has 2 saturated heterocycles. The van der Waals surface area contributed by atoms with Crippen LogP contribution in [0.2, 0.25) is 0 Å². The van der Waals surface area contributed by atoms with E-state index in [2.05, 4.69) is 12.1 Å². The zero-order valence-electron chi connectivity index (χ0n) is 12.8. The molecular weight excluding hydrogens is 278 g/mol. The van der Waals surface area contributed by atoms with Gasteiger partial charge in [0.25, 0.3) is 0 Å². The molecule has 0 bridgehead atoms. The lowest BCUT2D eigenvalue weighted by atomic mass is 9.89. The molecule has 5 nitrogen and oxygen atoms in total. The monoisotopic (exact) mass is 301 g/mol. The van der Waals surface area contributed by atoms with Crippen LogP contribution in [0.5, 0.6) is 0 Å². The van der Waals surface area contributed by atoms with Crippen LogP contribution in [0, 0.1) is 5.92 Å². The highest BCUT2D eigenvalue weighted by Crippen LogP contribution is 2.35. The van der Waals surface area contributed by atoms with Gasteiger partial charge in [-0.2, -0.15) is 0 Å². The molecular formula is C17H23N3O2. The number of piperidine rings is 1. The summed E-state index contributed by atoms with van der Waals surface area (Å²) in [7, 11) is 0. The van der Waals surface area contributed by atoms with E-state index in [4.69, 9.17) is 5.73 Å². The Labute approximate surface area is 131 Å². The Bertz CT molecular complexity index is 538. The second kappa shape index (κ2) is 6.48. The smallest absolute Gasteiger partial charge is 0.231 e. The van der Waals surface area contributed by atoms with Crippen molar-refractivity contribution in [2.75, 3.05) is 26.2 Å². The number of carbonyl (C=O) groups excluding carboxylic acids is 2. The van der Waals surface area contributed by atoms with Crippen LogP contribution in [0.25, 0.3) is 0 Å². The highest BCUT2D eigenvalue weighted by atomic mass is 16.2. The average molecular weight is 301 g/mol. The molecule has 5 heteroatoms. The van der Waals surface area contributed by atoms with Gasteiger partial charge in [0.15, 0.2) is 0 Å². The number of primary amides is 1. The largest absolute Gasteiger partial charge is 0.369 e. The molecule has 2 aliphatic heterocycles. The van der Waals surface area contributed by atoms with Crippen molar-refractivity contribution in [1.82, 2.24) is 9.80 Å². The summed E-state index contributed by atoms with van der Waals surface area (Å²) < 4.78 is 0. The maximum Gasteiger partial charge on any atom is 0.231 e. The molecule has 2 N–H and O–H groups in total. The first-order valence-electron chi connectivity index (χ1n) is 8.01. The molecule has 2 heterocycles. The Balaban J connectivity index is 1.55. The number of nitrogens with two attached hydrogens (primary N) is 1. The molecule has 2 aliphatic rings. The molecule has 2 fully saturated rings. The summed E-state index contributed by atoms with van der Waals surface area (Å²) in [6.45, 7) is 2.73. The van der Waals surface area contributed by atoms with Gasteiger partial charge in [0.2, 0.25) is 11.8 Å². The Hall–Kier alpha value is -1.88. The van der Waals surface area contributed by atoms with Gasteiger partial charge in [-0.15, -0.1) is 0 Å². The minimum atomic E-state index is -0.295. The van der Waals surface area contributed by atoms with E-state index >= 15 is 0 Å². The number of amides is 2. The van der Waals surface area contributed by atoms with Crippen LogP contribution in [0.3, 0.4) is 0 Å². The first-order valence-corrected chi connectivity index (χ1v) is 8.01. The Morgan fingerprint density at radius 2 is 1.73 bits per heavy atom. The maximum atomic E-state index is 12.7. The number of likely N-dealkylation sites (tertiary alicyclic amines) is 2. The maximum absolute atomic E-state index is 12.7. The topological polar surface area (TPSA) is 66.6 Å². The van der Waals surface area contributed by atoms with E-state index in [1.807, 2.05) is 28.0 Å². The molecule has 118 valence electrons. The van der Waals surface area contributed by atoms with Crippen LogP contribution in [0.4, 0.5) is 0 Å². The minimum Gasteiger partial charge on any atom is -0.369 e. The van der Waals surface area contributed by atoms with E-state index in [1.165, 1.54) is 5.56 Å². The molecule has 0 aliphatic carbocycles. The quantitative estimate of drug-likeness (QED) is 0.907. The number of rotatable bonds is 4. The summed E-state index contributed by atoms with van der Waals surface area (Å²) in [4.78, 5) is 27.7. The SMILES string of the molecule is NC(=O)CN1CCC(C(=O)N2CC[C@H]2c2ccccc2)CC1. The Kier molecular flexibility index (Phi) is 4.43. The van der Waals surface area contributed by atoms with Gasteiger partial charge in [-0.05, 0) is 37.9 Å². The molecule has 1 atom stereocenters. The van der Waals surface area contributed by atoms with E-state index < -0.39 is 0 Å². The lowest BCUT2D eigenvalue weighted by Gasteiger charge is -2.44. The second-order valence-electron chi connectivity index (χ2n) is 6.26. The van der Waals surface area contributed by atoms with Crippen molar-refractivity contribution >= 4 is 11.8 Å². The molecule has 2 amide bonds. The third kappa shape index (κ3) is 3.14. The van der Waals surface area contributed by atoms with Gasteiger partial charge < -0.3 is 10.6 Å². The zero-order chi connectivity index (χ0) is 15.5. The van der Waals surface area contributed by atoms with Gasteiger partial charge in [-0.1, -0.05) is 30.3 Å². The first kappa shape index (κ1) is 15.0. The van der Waals surface area contributed by atoms with E-state index in [1.54, 1.807) is 0 Å². The minimum absolute atomic E-state index is 0.0932. The van der Waals surface area contributed by atoms with E-state index in [0.29, 0.717) is 6.54 Å². The predicted octanol–water partition coefficient (Wildman–Crippen LogP) is 1.16. The number of nitrogens with zero attached hydrogens (tertiary/aromatic N) is 2. The van der Waals surface area contributed by atoms with Crippen LogP contribution in [-0.4, -0.2) is 47.8 Å². The number of hydrogen-bond acceptors (Lipinski definition) is 3. The highest BCUT2D eigenvalue weighted by molar-refractivity contribution is 5.80. The molecule has 0 radical (unpaired) electrons. The van der Waals surface area contributed by atoms with Crippen molar-refractivity contribution < 1.29 is 9.59 Å². The average Bonchev–Trinajstić information content (AvgIpc) is 2.47. The molecule has 1 aromatic rings. The van der Waals surface area contributed by atoms with Crippen molar-refractivity contribution in [2.24, 2.45) is 11.7 Å². The number of benzene rings is 1. The zero-order valence-corrected chi connectivity index (χ0v) is 12.8. The third-order valence-corrected chi connectivity index (χ3v) is 4.80. The number of carbonyl (C=O) groups is 2. The fraction of sp³-hybridized carbons (Fsp3) is 0.529. The normalized spacial score (nSPS) is 23.1. The lowest BCUT2D eigenvalue weighted by Crippen LogP contribution is -2.50. The van der Waals surface area contributed by atoms with Gasteiger partial charge in [-0.25, -0.2) is 0 Å². The molecule has 0 unspecified atom stereocenters. The van der Waals surface area contributed by atoms with Crippen molar-refractivity contribution in [3.05, 3.63) is 35.9 Å². The van der Waals surface area contributed by atoms with E-state index in [0.717, 1.165) is 38.9 Å². The fourth-order valence-corrected chi connectivity index (χ4v) is 3.47. The summed E-state index contributed by atoms with van der Waals surface area (Å²) in [6.07, 6.45) is 2.70. The van der Waals surface area contributed by atoms with Gasteiger partial charge in [0, 0.05) is 12.5 Å². The molecule has 3 rings (SSSR count). The molecule has 1 aromatic carbocycles. The van der Waals surface area contributed by atoms with E-state index in [-0.39, 0.29) is 23.8 Å². The summed E-state index contributed by atoms with van der Waals surface area (Å²) in [6, 6.07) is 10.5. The van der Waals surface area contributed by atoms with Crippen molar-refractivity contribution in [3.8, 4) is 0 Å². The Morgan fingerprint density at radius 1 is 1.05 bits per heavy atom. The van der Waals surface area contributed by atoms with Gasteiger partial charge in [0.1, 0.15) is 0 Å². The molecule has 0 spiro atoms. The summed E-state index contributed by atoms with van der Waals surface area (Å²) >= 11 is 0. The van der Waals surface area contributed by atoms with E-state index in [9.17, 15) is 9.59 Å². The van der Waals surface area contributed by atoms with Gasteiger partial charge in [0.05, 0.1) is 12.6 Å². The van der Waals surface area contributed by atoms with Crippen molar-refractivity contribution in [1.29, 1.82) is 0 Å².